The van der Waals surface area contributed by atoms with Crippen LogP contribution in [0.5, 0.6) is 5.75 Å². The minimum absolute atomic E-state index is 0.0248. The van der Waals surface area contributed by atoms with Crippen LogP contribution in [0.1, 0.15) is 42.1 Å². The van der Waals surface area contributed by atoms with Crippen LogP contribution in [0, 0.1) is 5.82 Å². The number of aromatic nitrogens is 3. The summed E-state index contributed by atoms with van der Waals surface area (Å²) in [5, 5.41) is 12.1. The van der Waals surface area contributed by atoms with Crippen LogP contribution in [0.4, 0.5) is 17.6 Å². The van der Waals surface area contributed by atoms with E-state index < -0.39 is 29.5 Å². The van der Waals surface area contributed by atoms with Crippen molar-refractivity contribution >= 4 is 12.1 Å². The number of benzene rings is 2. The zero-order valence-electron chi connectivity index (χ0n) is 21.4. The van der Waals surface area contributed by atoms with E-state index in [0.29, 0.717) is 23.6 Å². The zero-order valence-corrected chi connectivity index (χ0v) is 21.4. The lowest BCUT2D eigenvalue weighted by molar-refractivity contribution is -0.137. The Morgan fingerprint density at radius 2 is 2.00 bits per heavy atom. The first kappa shape index (κ1) is 26.9. The molecular weight excluding hydrogens is 532 g/mol. The van der Waals surface area contributed by atoms with Gasteiger partial charge < -0.3 is 19.6 Å². The number of nitrogens with one attached hydrogen (secondary N) is 2. The van der Waals surface area contributed by atoms with E-state index in [1.807, 2.05) is 6.92 Å². The van der Waals surface area contributed by atoms with Crippen molar-refractivity contribution in [3.05, 3.63) is 77.1 Å². The number of amides is 1. The van der Waals surface area contributed by atoms with Gasteiger partial charge in [0, 0.05) is 18.7 Å². The Morgan fingerprint density at radius 3 is 2.73 bits per heavy atom. The normalized spacial score (nSPS) is 13.7. The summed E-state index contributed by atoms with van der Waals surface area (Å²) >= 11 is 0. The van der Waals surface area contributed by atoms with Crippen LogP contribution in [0.25, 0.3) is 22.6 Å². The first-order valence-electron chi connectivity index (χ1n) is 12.4. The molecule has 9 nitrogen and oxygen atoms in total. The van der Waals surface area contributed by atoms with E-state index in [1.54, 1.807) is 18.2 Å². The molecule has 4 aromatic rings. The van der Waals surface area contributed by atoms with E-state index in [-0.39, 0.29) is 41.5 Å². The third-order valence-electron chi connectivity index (χ3n) is 6.22. The number of likely N-dealkylation sites (N-methyl/N-ethyl adjacent to an activating group) is 1. The minimum atomic E-state index is -4.69. The fourth-order valence-corrected chi connectivity index (χ4v) is 4.30. The molecule has 1 amide bonds. The fraction of sp³-hybridized carbons (Fsp3) is 0.259. The number of hydrazone groups is 1. The van der Waals surface area contributed by atoms with Crippen molar-refractivity contribution < 1.29 is 31.6 Å². The Hall–Kier alpha value is -4.68. The lowest BCUT2D eigenvalue weighted by Gasteiger charge is -2.27. The Balaban J connectivity index is 1.46. The Kier molecular flexibility index (Phi) is 7.28. The highest BCUT2D eigenvalue weighted by molar-refractivity contribution is 5.84. The van der Waals surface area contributed by atoms with Crippen molar-refractivity contribution in [1.29, 1.82) is 0 Å². The largest absolute Gasteiger partial charge is 0.494 e. The molecule has 0 aliphatic carbocycles. The molecule has 0 saturated heterocycles. The number of aromatic amines is 1. The van der Waals surface area contributed by atoms with Crippen molar-refractivity contribution in [2.75, 3.05) is 13.7 Å². The highest BCUT2D eigenvalue weighted by Crippen LogP contribution is 2.40. The summed E-state index contributed by atoms with van der Waals surface area (Å²) in [7, 11) is 1.41. The van der Waals surface area contributed by atoms with Crippen molar-refractivity contribution in [1.82, 2.24) is 25.5 Å². The predicted molar refractivity (Wildman–Crippen MR) is 137 cm³/mol. The predicted octanol–water partition coefficient (Wildman–Crippen LogP) is 5.32. The molecular formula is C27H24F4N6O3. The number of hydrogen-bond donors (Lipinski definition) is 2. The lowest BCUT2D eigenvalue weighted by atomic mass is 10.0. The van der Waals surface area contributed by atoms with Gasteiger partial charge in [0.25, 0.3) is 5.91 Å². The number of alkyl halides is 3. The molecule has 40 heavy (non-hydrogen) atoms. The Bertz CT molecular complexity index is 1560. The molecule has 13 heteroatoms. The van der Waals surface area contributed by atoms with Gasteiger partial charge in [-0.3, -0.25) is 9.80 Å². The van der Waals surface area contributed by atoms with E-state index in [4.69, 9.17) is 9.26 Å². The van der Waals surface area contributed by atoms with Gasteiger partial charge in [-0.05, 0) is 36.8 Å². The number of hydrogen-bond acceptors (Lipinski definition) is 7. The molecule has 2 aromatic carbocycles. The molecule has 0 radical (unpaired) electrons. The second-order valence-electron chi connectivity index (χ2n) is 8.96. The number of ether oxygens (including phenoxy) is 1. The molecule has 0 bridgehead atoms. The van der Waals surface area contributed by atoms with E-state index in [1.165, 1.54) is 42.5 Å². The van der Waals surface area contributed by atoms with E-state index in [9.17, 15) is 22.4 Å². The van der Waals surface area contributed by atoms with Crippen LogP contribution in [0.15, 0.2) is 58.2 Å². The van der Waals surface area contributed by atoms with Gasteiger partial charge in [0.2, 0.25) is 0 Å². The van der Waals surface area contributed by atoms with Crippen LogP contribution in [-0.2, 0) is 17.5 Å². The fourth-order valence-electron chi connectivity index (χ4n) is 4.30. The molecule has 208 valence electrons. The Morgan fingerprint density at radius 1 is 1.20 bits per heavy atom. The van der Waals surface area contributed by atoms with E-state index >= 15 is 0 Å². The molecule has 1 unspecified atom stereocenters. The number of rotatable bonds is 8. The van der Waals surface area contributed by atoms with Crippen LogP contribution in [0.3, 0.4) is 0 Å². The number of imidazole rings is 1. The highest BCUT2D eigenvalue weighted by Gasteiger charge is 2.37. The van der Waals surface area contributed by atoms with Gasteiger partial charge in [0.15, 0.2) is 11.8 Å². The number of carbonyl (C=O) groups excluding carboxylic acids is 1. The molecule has 2 aromatic heterocycles. The van der Waals surface area contributed by atoms with Gasteiger partial charge in [-0.1, -0.05) is 24.2 Å². The lowest BCUT2D eigenvalue weighted by Crippen LogP contribution is -2.37. The van der Waals surface area contributed by atoms with Gasteiger partial charge in [-0.25, -0.2) is 9.37 Å². The molecule has 1 aliphatic rings. The van der Waals surface area contributed by atoms with Crippen LogP contribution in [0.2, 0.25) is 0 Å². The summed E-state index contributed by atoms with van der Waals surface area (Å²) in [6.07, 6.45) is -2.64. The summed E-state index contributed by atoms with van der Waals surface area (Å²) in [6.45, 7) is 2.17. The molecule has 0 spiro atoms. The standard InChI is InChI=1S/C27H24F4N6O3/c1-3-10-39-15-8-9-16(18(11-15)27(29,30)31)20-12-23(40-36-20)24(26(38)32-2)37-14-22-21(13-33-37)34-25(35-22)17-6-4-5-7-19(17)28/h4-9,11-13,24H,3,10,14H2,1-2H3,(H,32,38)(H,34,35). The third-order valence-corrected chi connectivity index (χ3v) is 6.22. The highest BCUT2D eigenvalue weighted by atomic mass is 19.4. The van der Waals surface area contributed by atoms with Gasteiger partial charge in [-0.2, -0.15) is 18.3 Å². The summed E-state index contributed by atoms with van der Waals surface area (Å²) in [5.74, 6) is -0.638. The monoisotopic (exact) mass is 556 g/mol. The summed E-state index contributed by atoms with van der Waals surface area (Å²) in [6, 6.07) is 9.84. The third kappa shape index (κ3) is 5.26. The van der Waals surface area contributed by atoms with E-state index in [2.05, 4.69) is 25.5 Å². The second-order valence-corrected chi connectivity index (χ2v) is 8.96. The summed E-state index contributed by atoms with van der Waals surface area (Å²) in [4.78, 5) is 20.4. The molecule has 5 rings (SSSR count). The maximum atomic E-state index is 14.3. The molecule has 1 atom stereocenters. The Labute approximate surface area is 225 Å². The minimum Gasteiger partial charge on any atom is -0.494 e. The van der Waals surface area contributed by atoms with Crippen molar-refractivity contribution in [2.45, 2.75) is 32.1 Å². The van der Waals surface area contributed by atoms with Gasteiger partial charge >= 0.3 is 6.18 Å². The average Bonchev–Trinajstić information content (AvgIpc) is 3.59. The molecule has 2 N–H and O–H groups in total. The number of halogens is 4. The smallest absolute Gasteiger partial charge is 0.417 e. The van der Waals surface area contributed by atoms with Crippen molar-refractivity contribution in [2.24, 2.45) is 5.10 Å². The van der Waals surface area contributed by atoms with Crippen LogP contribution >= 0.6 is 0 Å². The molecule has 3 heterocycles. The zero-order chi connectivity index (χ0) is 28.4. The first-order chi connectivity index (χ1) is 19.2. The average molecular weight is 557 g/mol. The summed E-state index contributed by atoms with van der Waals surface area (Å²) < 4.78 is 66.8. The van der Waals surface area contributed by atoms with Gasteiger partial charge in [0.1, 0.15) is 28.8 Å². The number of carbonyl (C=O) groups is 1. The number of nitrogens with zero attached hydrogens (tertiary/aromatic N) is 4. The number of H-pyrrole nitrogens is 1. The van der Waals surface area contributed by atoms with Crippen LogP contribution in [-0.4, -0.2) is 45.9 Å². The van der Waals surface area contributed by atoms with Gasteiger partial charge in [-0.15, -0.1) is 0 Å². The van der Waals surface area contributed by atoms with Crippen molar-refractivity contribution in [3.63, 3.8) is 0 Å². The molecule has 0 saturated carbocycles. The second kappa shape index (κ2) is 10.8. The van der Waals surface area contributed by atoms with Gasteiger partial charge in [0.05, 0.1) is 36.2 Å². The maximum Gasteiger partial charge on any atom is 0.417 e. The molecule has 1 aliphatic heterocycles. The SMILES string of the molecule is CCCOc1ccc(-c2cc(C(C(=O)NC)N3Cc4[nH]c(-c5ccccc5F)nc4C=N3)on2)c(C(F)(F)F)c1. The maximum absolute atomic E-state index is 14.3. The van der Waals surface area contributed by atoms with E-state index in [0.717, 1.165) is 6.07 Å². The summed E-state index contributed by atoms with van der Waals surface area (Å²) in [5.41, 5.74) is 0.00720. The van der Waals surface area contributed by atoms with Crippen LogP contribution < -0.4 is 10.1 Å². The quantitative estimate of drug-likeness (QED) is 0.285. The topological polar surface area (TPSA) is 109 Å². The number of fused-ring (bicyclic) bond motifs is 1. The van der Waals surface area contributed by atoms with Crippen molar-refractivity contribution in [3.8, 4) is 28.4 Å². The molecule has 0 fully saturated rings. The first-order valence-corrected chi connectivity index (χ1v) is 12.4.